The number of rotatable bonds is 11. The second-order valence-electron chi connectivity index (χ2n) is 9.78. The van der Waals surface area contributed by atoms with Gasteiger partial charge in [-0.05, 0) is 70.5 Å². The number of carbonyl (C=O) groups is 2. The molecule has 0 bridgehead atoms. The number of carbonyl (C=O) groups excluding carboxylic acids is 2. The minimum Gasteiger partial charge on any atom is -0.459 e. The molecule has 7 nitrogen and oxygen atoms in total. The number of hydrogen-bond acceptors (Lipinski definition) is 6. The van der Waals surface area contributed by atoms with Crippen LogP contribution in [-0.4, -0.2) is 51.3 Å². The van der Waals surface area contributed by atoms with Crippen molar-refractivity contribution >= 4 is 28.6 Å². The zero-order valence-corrected chi connectivity index (χ0v) is 24.7. The highest BCUT2D eigenvalue weighted by Gasteiger charge is 2.23. The van der Waals surface area contributed by atoms with Gasteiger partial charge in [-0.3, -0.25) is 0 Å². The van der Waals surface area contributed by atoms with Crippen LogP contribution >= 0.6 is 0 Å². The lowest BCUT2D eigenvalue weighted by atomic mass is 9.90. The Balaban J connectivity index is 1.89. The summed E-state index contributed by atoms with van der Waals surface area (Å²) in [4.78, 5) is 27.3. The van der Waals surface area contributed by atoms with Crippen LogP contribution in [0.4, 0.5) is 5.69 Å². The van der Waals surface area contributed by atoms with Gasteiger partial charge in [-0.25, -0.2) is 14.2 Å². The van der Waals surface area contributed by atoms with E-state index >= 15 is 0 Å². The number of benzene rings is 3. The zero-order chi connectivity index (χ0) is 29.5. The third kappa shape index (κ3) is 6.35. The Hall–Kier alpha value is -4.39. The summed E-state index contributed by atoms with van der Waals surface area (Å²) in [5, 5.41) is 1.99. The van der Waals surface area contributed by atoms with Gasteiger partial charge in [0.25, 0.3) is 0 Å². The van der Waals surface area contributed by atoms with Crippen LogP contribution in [0.1, 0.15) is 45.0 Å². The summed E-state index contributed by atoms with van der Waals surface area (Å²) in [5.74, 6) is -0.267. The maximum Gasteiger partial charge on any atom is 0.338 e. The molecule has 1 heterocycles. The summed E-state index contributed by atoms with van der Waals surface area (Å²) >= 11 is 0. The van der Waals surface area contributed by atoms with E-state index in [2.05, 4.69) is 74.1 Å². The van der Waals surface area contributed by atoms with E-state index < -0.39 is 11.9 Å². The molecule has 1 aliphatic carbocycles. The molecule has 0 atom stereocenters. The lowest BCUT2D eigenvalue weighted by molar-refractivity contribution is -0.140. The van der Waals surface area contributed by atoms with E-state index in [1.54, 1.807) is 13.0 Å². The molecule has 2 aliphatic rings. The number of nitrogens with zero attached hydrogens (tertiary/aromatic N) is 2. The Bertz CT molecular complexity index is 1610. The Morgan fingerprint density at radius 1 is 0.878 bits per heavy atom. The highest BCUT2D eigenvalue weighted by molar-refractivity contribution is 6.08. The second kappa shape index (κ2) is 13.3. The van der Waals surface area contributed by atoms with Crippen molar-refractivity contribution in [3.63, 3.8) is 0 Å². The summed E-state index contributed by atoms with van der Waals surface area (Å²) in [7, 11) is 0. The molecule has 0 spiro atoms. The molecular formula is C34H39N2O5+. The van der Waals surface area contributed by atoms with Crippen molar-refractivity contribution in [1.82, 2.24) is 4.58 Å². The van der Waals surface area contributed by atoms with E-state index in [1.165, 1.54) is 0 Å². The summed E-state index contributed by atoms with van der Waals surface area (Å²) in [5.41, 5.74) is 5.09. The fourth-order valence-electron chi connectivity index (χ4n) is 5.08. The van der Waals surface area contributed by atoms with E-state index in [0.29, 0.717) is 11.1 Å². The van der Waals surface area contributed by atoms with Gasteiger partial charge in [-0.1, -0.05) is 24.8 Å². The van der Waals surface area contributed by atoms with Crippen LogP contribution in [0.15, 0.2) is 77.2 Å². The molecule has 0 saturated carbocycles. The highest BCUT2D eigenvalue weighted by atomic mass is 16.6. The molecule has 2 aromatic rings. The maximum atomic E-state index is 13.4. The van der Waals surface area contributed by atoms with Crippen LogP contribution in [-0.2, 0) is 14.3 Å². The molecular weight excluding hydrogens is 516 g/mol. The smallest absolute Gasteiger partial charge is 0.338 e. The van der Waals surface area contributed by atoms with Gasteiger partial charge in [-0.2, -0.15) is 0 Å². The fourth-order valence-corrected chi connectivity index (χ4v) is 5.08. The standard InChI is InChI=1S/C34H39N2O5/c1-7-35(8-2)24-16-18-30-29(21-24)32(28-17-15-25(22-31(28)41-30)36(9-3)10-4)26-13-11-12-14-27(26)34(38)40-20-19-39-33(37)23(5)6/h11-18,21-22H,5,7-10,19-20H2,1-4,6H3/q+1. The average Bonchev–Trinajstić information content (AvgIpc) is 2.99. The average molecular weight is 556 g/mol. The largest absolute Gasteiger partial charge is 0.459 e. The molecule has 0 fully saturated rings. The maximum absolute atomic E-state index is 13.4. The number of esters is 2. The van der Waals surface area contributed by atoms with E-state index in [0.717, 1.165) is 70.6 Å². The van der Waals surface area contributed by atoms with Crippen molar-refractivity contribution in [3.05, 3.63) is 83.7 Å². The van der Waals surface area contributed by atoms with E-state index in [-0.39, 0.29) is 13.2 Å². The molecule has 0 amide bonds. The first-order chi connectivity index (χ1) is 19.8. The summed E-state index contributed by atoms with van der Waals surface area (Å²) in [6.45, 7) is 17.1. The Kier molecular flexibility index (Phi) is 9.61. The van der Waals surface area contributed by atoms with Crippen LogP contribution in [0.3, 0.4) is 0 Å². The van der Waals surface area contributed by atoms with Crippen LogP contribution in [0, 0.1) is 0 Å². The van der Waals surface area contributed by atoms with Crippen molar-refractivity contribution in [1.29, 1.82) is 0 Å². The van der Waals surface area contributed by atoms with Gasteiger partial charge in [-0.15, -0.1) is 0 Å². The van der Waals surface area contributed by atoms with Gasteiger partial charge in [0.15, 0.2) is 0 Å². The van der Waals surface area contributed by atoms with E-state index in [1.807, 2.05) is 24.3 Å². The van der Waals surface area contributed by atoms with Crippen LogP contribution in [0.2, 0.25) is 0 Å². The lowest BCUT2D eigenvalue weighted by Gasteiger charge is -2.23. The topological polar surface area (TPSA) is 72.0 Å². The first-order valence-electron chi connectivity index (χ1n) is 14.2. The van der Waals surface area contributed by atoms with E-state index in [9.17, 15) is 9.59 Å². The highest BCUT2D eigenvalue weighted by Crippen LogP contribution is 2.42. The molecule has 0 saturated heterocycles. The normalized spacial score (nSPS) is 11.0. The van der Waals surface area contributed by atoms with Gasteiger partial charge in [0.05, 0.1) is 11.6 Å². The quantitative estimate of drug-likeness (QED) is 0.0728. The van der Waals surface area contributed by atoms with E-state index in [4.69, 9.17) is 13.9 Å². The monoisotopic (exact) mass is 555 g/mol. The lowest BCUT2D eigenvalue weighted by Crippen LogP contribution is -2.29. The first-order valence-corrected chi connectivity index (χ1v) is 14.2. The van der Waals surface area contributed by atoms with Crippen LogP contribution in [0.25, 0.3) is 33.4 Å². The molecule has 214 valence electrons. The number of hydrogen-bond donors (Lipinski definition) is 0. The third-order valence-electron chi connectivity index (χ3n) is 7.26. The SMILES string of the molecule is C=C(C)C(=O)OCCOC(=O)c1ccccc1-c1c2ccc(=[N+](CC)CC)cc-2oc2ccc(N(CC)CC)cc12. The molecule has 0 unspecified atom stereocenters. The molecule has 0 N–H and O–H groups in total. The Morgan fingerprint density at radius 3 is 2.27 bits per heavy atom. The zero-order valence-electron chi connectivity index (χ0n) is 24.7. The van der Waals surface area contributed by atoms with Gasteiger partial charge in [0, 0.05) is 46.9 Å². The first kappa shape index (κ1) is 29.6. The van der Waals surface area contributed by atoms with Crippen molar-refractivity contribution in [2.45, 2.75) is 34.6 Å². The Labute approximate surface area is 241 Å². The number of anilines is 1. The summed E-state index contributed by atoms with van der Waals surface area (Å²) in [6, 6.07) is 19.9. The number of fused-ring (bicyclic) bond motifs is 2. The third-order valence-corrected chi connectivity index (χ3v) is 7.26. The van der Waals surface area contributed by atoms with Crippen molar-refractivity contribution in [2.75, 3.05) is 44.3 Å². The van der Waals surface area contributed by atoms with Crippen molar-refractivity contribution < 1.29 is 23.5 Å². The van der Waals surface area contributed by atoms with Gasteiger partial charge in [0.2, 0.25) is 5.36 Å². The molecule has 41 heavy (non-hydrogen) atoms. The molecule has 7 heteroatoms. The van der Waals surface area contributed by atoms with Crippen LogP contribution < -0.4 is 14.8 Å². The van der Waals surface area contributed by atoms with Crippen molar-refractivity contribution in [3.8, 4) is 22.5 Å². The molecule has 4 rings (SSSR count). The van der Waals surface area contributed by atoms with Gasteiger partial charge >= 0.3 is 11.9 Å². The summed E-state index contributed by atoms with van der Waals surface area (Å²) in [6.07, 6.45) is 0. The Morgan fingerprint density at radius 2 is 1.59 bits per heavy atom. The van der Waals surface area contributed by atoms with Gasteiger partial charge < -0.3 is 18.8 Å². The summed E-state index contributed by atoms with van der Waals surface area (Å²) < 4.78 is 19.4. The predicted octanol–water partition coefficient (Wildman–Crippen LogP) is 6.14. The van der Waals surface area contributed by atoms with Gasteiger partial charge in [0.1, 0.15) is 37.6 Å². The van der Waals surface area contributed by atoms with Crippen molar-refractivity contribution in [2.24, 2.45) is 0 Å². The minimum atomic E-state index is -0.513. The minimum absolute atomic E-state index is 0.0446. The predicted molar refractivity (Wildman–Crippen MR) is 164 cm³/mol. The molecule has 0 radical (unpaired) electrons. The molecule has 2 aromatic carbocycles. The number of ether oxygens (including phenoxy) is 2. The fraction of sp³-hybridized carbons (Fsp3) is 0.324. The van der Waals surface area contributed by atoms with Crippen LogP contribution in [0.5, 0.6) is 0 Å². The molecule has 0 aromatic heterocycles. The second-order valence-corrected chi connectivity index (χ2v) is 9.78. The molecule has 1 aliphatic heterocycles.